The molecule has 9 heteroatoms. The van der Waals surface area contributed by atoms with Crippen LogP contribution in [0.3, 0.4) is 0 Å². The minimum absolute atomic E-state index is 0.0977. The van der Waals surface area contributed by atoms with Crippen LogP contribution in [-0.2, 0) is 14.4 Å². The van der Waals surface area contributed by atoms with Gasteiger partial charge in [-0.3, -0.25) is 19.3 Å². The summed E-state index contributed by atoms with van der Waals surface area (Å²) in [4.78, 5) is 59.5. The van der Waals surface area contributed by atoms with Crippen molar-refractivity contribution >= 4 is 40.2 Å². The lowest BCUT2D eigenvalue weighted by molar-refractivity contribution is -0.140. The number of imidazole rings is 1. The van der Waals surface area contributed by atoms with E-state index in [9.17, 15) is 24.3 Å². The van der Waals surface area contributed by atoms with E-state index in [4.69, 9.17) is 4.42 Å². The number of fused-ring (bicyclic) bond motifs is 1. The van der Waals surface area contributed by atoms with Crippen molar-refractivity contribution in [2.24, 2.45) is 11.8 Å². The van der Waals surface area contributed by atoms with Crippen molar-refractivity contribution in [2.75, 3.05) is 4.90 Å². The van der Waals surface area contributed by atoms with Crippen molar-refractivity contribution in [1.82, 2.24) is 9.97 Å². The summed E-state index contributed by atoms with van der Waals surface area (Å²) in [5.74, 6) is -4.90. The van der Waals surface area contributed by atoms with Gasteiger partial charge in [-0.1, -0.05) is 19.3 Å². The fraction of sp³-hybridized carbons (Fsp3) is 0.348. The summed E-state index contributed by atoms with van der Waals surface area (Å²) in [7, 11) is 0. The third kappa shape index (κ3) is 3.21. The molecule has 2 aromatic heterocycles. The van der Waals surface area contributed by atoms with Gasteiger partial charge < -0.3 is 14.5 Å². The normalized spacial score (nSPS) is 22.1. The van der Waals surface area contributed by atoms with Gasteiger partial charge in [-0.15, -0.1) is 0 Å². The second-order valence-electron chi connectivity index (χ2n) is 8.31. The number of ketones is 2. The van der Waals surface area contributed by atoms with Crippen molar-refractivity contribution in [2.45, 2.75) is 38.1 Å². The molecular formula is C23H21N3O6. The Morgan fingerprint density at radius 2 is 1.88 bits per heavy atom. The molecule has 164 valence electrons. The molecule has 1 saturated carbocycles. The lowest BCUT2D eigenvalue weighted by Gasteiger charge is -2.28. The van der Waals surface area contributed by atoms with Crippen LogP contribution in [0, 0.1) is 11.8 Å². The van der Waals surface area contributed by atoms with Crippen molar-refractivity contribution in [3.63, 3.8) is 0 Å². The first-order valence-corrected chi connectivity index (χ1v) is 10.6. The van der Waals surface area contributed by atoms with Crippen LogP contribution in [0.1, 0.15) is 54.5 Å². The number of hydrogen-bond donors (Lipinski definition) is 2. The van der Waals surface area contributed by atoms with E-state index in [-0.39, 0.29) is 23.2 Å². The maximum atomic E-state index is 13.5. The van der Waals surface area contributed by atoms with E-state index in [0.717, 1.165) is 19.3 Å². The average Bonchev–Trinajstić information content (AvgIpc) is 3.52. The Morgan fingerprint density at radius 1 is 1.09 bits per heavy atom. The standard InChI is InChI=1S/C23H21N3O6/c27-20(12-4-2-1-3-5-12)18-19(16-8-9-17(32-16)23(30)31)26(22(29)21(18)28)13-6-7-14-15(10-13)25-11-24-14/h6-12,18-19H,1-5H2,(H,24,25)(H,30,31). The molecule has 1 aromatic carbocycles. The number of amides is 1. The predicted octanol–water partition coefficient (Wildman–Crippen LogP) is 3.28. The lowest BCUT2D eigenvalue weighted by Crippen LogP contribution is -2.33. The number of Topliss-reactive ketones (excluding diaryl/α,β-unsaturated/α-hetero) is 2. The van der Waals surface area contributed by atoms with Crippen LogP contribution in [0.4, 0.5) is 5.69 Å². The first-order valence-electron chi connectivity index (χ1n) is 10.6. The first-order chi connectivity index (χ1) is 15.5. The fourth-order valence-electron chi connectivity index (χ4n) is 4.87. The Balaban J connectivity index is 1.61. The molecule has 3 aromatic rings. The van der Waals surface area contributed by atoms with Gasteiger partial charge >= 0.3 is 5.97 Å². The highest BCUT2D eigenvalue weighted by Gasteiger charge is 2.54. The van der Waals surface area contributed by atoms with Gasteiger partial charge in [0.25, 0.3) is 5.91 Å². The number of carbonyl (C=O) groups is 4. The van der Waals surface area contributed by atoms with Crippen LogP contribution < -0.4 is 4.90 Å². The van der Waals surface area contributed by atoms with Crippen LogP contribution >= 0.6 is 0 Å². The van der Waals surface area contributed by atoms with Crippen LogP contribution in [0.15, 0.2) is 41.1 Å². The first kappa shape index (κ1) is 20.2. The number of carbonyl (C=O) groups excluding carboxylic acids is 3. The van der Waals surface area contributed by atoms with E-state index in [2.05, 4.69) is 9.97 Å². The number of carboxylic acid groups (broad SMARTS) is 1. The highest BCUT2D eigenvalue weighted by Crippen LogP contribution is 2.43. The Kier molecular flexibility index (Phi) is 4.88. The minimum Gasteiger partial charge on any atom is -0.475 e. The van der Waals surface area contributed by atoms with E-state index < -0.39 is 29.6 Å². The lowest BCUT2D eigenvalue weighted by atomic mass is 9.78. The van der Waals surface area contributed by atoms with Gasteiger partial charge in [-0.2, -0.15) is 0 Å². The zero-order chi connectivity index (χ0) is 22.4. The second-order valence-corrected chi connectivity index (χ2v) is 8.31. The average molecular weight is 435 g/mol. The molecule has 2 atom stereocenters. The number of aromatic carboxylic acids is 1. The molecular weight excluding hydrogens is 414 g/mol. The summed E-state index contributed by atoms with van der Waals surface area (Å²) in [5, 5.41) is 9.28. The molecule has 0 bridgehead atoms. The molecule has 1 amide bonds. The molecule has 32 heavy (non-hydrogen) atoms. The molecule has 9 nitrogen and oxygen atoms in total. The summed E-state index contributed by atoms with van der Waals surface area (Å²) in [6, 6.07) is 6.67. The smallest absolute Gasteiger partial charge is 0.371 e. The molecule has 1 aliphatic carbocycles. The number of hydrogen-bond acceptors (Lipinski definition) is 6. The van der Waals surface area contributed by atoms with E-state index >= 15 is 0 Å². The topological polar surface area (TPSA) is 134 Å². The van der Waals surface area contributed by atoms with Crippen molar-refractivity contribution in [1.29, 1.82) is 0 Å². The van der Waals surface area contributed by atoms with Crippen molar-refractivity contribution < 1.29 is 28.7 Å². The summed E-state index contributed by atoms with van der Waals surface area (Å²) in [5.41, 5.74) is 1.75. The highest BCUT2D eigenvalue weighted by atomic mass is 16.4. The predicted molar refractivity (Wildman–Crippen MR) is 112 cm³/mol. The van der Waals surface area contributed by atoms with Crippen LogP contribution in [0.2, 0.25) is 0 Å². The number of furan rings is 1. The zero-order valence-corrected chi connectivity index (χ0v) is 17.1. The van der Waals surface area contributed by atoms with Gasteiger partial charge in [0.15, 0.2) is 0 Å². The summed E-state index contributed by atoms with van der Waals surface area (Å²) in [6.45, 7) is 0. The molecule has 5 rings (SSSR count). The number of carboxylic acids is 1. The molecule has 1 aliphatic heterocycles. The van der Waals surface area contributed by atoms with E-state index in [0.29, 0.717) is 29.6 Å². The monoisotopic (exact) mass is 435 g/mol. The third-order valence-corrected chi connectivity index (χ3v) is 6.43. The number of nitrogens with zero attached hydrogens (tertiary/aromatic N) is 2. The molecule has 0 radical (unpaired) electrons. The van der Waals surface area contributed by atoms with Gasteiger partial charge in [0.2, 0.25) is 11.5 Å². The van der Waals surface area contributed by atoms with Crippen LogP contribution in [-0.4, -0.2) is 38.5 Å². The Hall–Kier alpha value is -3.75. The molecule has 2 N–H and O–H groups in total. The van der Waals surface area contributed by atoms with E-state index in [1.807, 2.05) is 0 Å². The molecule has 3 heterocycles. The number of aromatic nitrogens is 2. The van der Waals surface area contributed by atoms with Crippen molar-refractivity contribution in [3.05, 3.63) is 48.2 Å². The molecule has 2 aliphatic rings. The number of H-pyrrole nitrogens is 1. The number of benzene rings is 1. The molecule has 0 spiro atoms. The maximum absolute atomic E-state index is 13.5. The summed E-state index contributed by atoms with van der Waals surface area (Å²) in [6.07, 6.45) is 5.73. The highest BCUT2D eigenvalue weighted by molar-refractivity contribution is 6.48. The van der Waals surface area contributed by atoms with Gasteiger partial charge in [-0.25, -0.2) is 9.78 Å². The quantitative estimate of drug-likeness (QED) is 0.464. The Bertz CT molecular complexity index is 1240. The fourth-order valence-corrected chi connectivity index (χ4v) is 4.87. The second kappa shape index (κ2) is 7.74. The van der Waals surface area contributed by atoms with E-state index in [1.54, 1.807) is 18.2 Å². The number of nitrogens with one attached hydrogen (secondary N) is 1. The van der Waals surface area contributed by atoms with Gasteiger partial charge in [-0.05, 0) is 43.2 Å². The van der Waals surface area contributed by atoms with Gasteiger partial charge in [0.1, 0.15) is 23.5 Å². The van der Waals surface area contributed by atoms with Gasteiger partial charge in [0, 0.05) is 11.6 Å². The summed E-state index contributed by atoms with van der Waals surface area (Å²) >= 11 is 0. The maximum Gasteiger partial charge on any atom is 0.371 e. The Labute approximate surface area is 182 Å². The zero-order valence-electron chi connectivity index (χ0n) is 17.1. The molecule has 1 saturated heterocycles. The van der Waals surface area contributed by atoms with Crippen molar-refractivity contribution in [3.8, 4) is 0 Å². The number of anilines is 1. The SMILES string of the molecule is O=C(O)c1ccc(C2C(C(=O)C3CCCCC3)C(=O)C(=O)N2c2ccc3nc[nH]c3c2)o1. The van der Waals surface area contributed by atoms with E-state index in [1.165, 1.54) is 23.4 Å². The largest absolute Gasteiger partial charge is 0.475 e. The number of aromatic amines is 1. The number of rotatable bonds is 5. The third-order valence-electron chi connectivity index (χ3n) is 6.43. The molecule has 2 unspecified atom stereocenters. The van der Waals surface area contributed by atoms with Gasteiger partial charge in [0.05, 0.1) is 17.4 Å². The minimum atomic E-state index is -1.27. The molecule has 2 fully saturated rings. The summed E-state index contributed by atoms with van der Waals surface area (Å²) < 4.78 is 5.50. The van der Waals surface area contributed by atoms with Crippen LogP contribution in [0.25, 0.3) is 11.0 Å². The van der Waals surface area contributed by atoms with Crippen LogP contribution in [0.5, 0.6) is 0 Å². The Morgan fingerprint density at radius 3 is 2.59 bits per heavy atom.